The Bertz CT molecular complexity index is 1600. The van der Waals surface area contributed by atoms with Crippen molar-refractivity contribution in [3.05, 3.63) is 119 Å². The maximum atomic E-state index is 13.7. The second kappa shape index (κ2) is 7.56. The van der Waals surface area contributed by atoms with E-state index in [1.165, 1.54) is 0 Å². The summed E-state index contributed by atoms with van der Waals surface area (Å²) in [6.07, 6.45) is 3.42. The molecule has 3 heterocycles. The molecule has 0 radical (unpaired) electrons. The zero-order valence-electron chi connectivity index (χ0n) is 18.6. The number of carbonyl (C=O) groups excluding carboxylic acids is 1. The van der Waals surface area contributed by atoms with E-state index in [-0.39, 0.29) is 11.5 Å². The fraction of sp³-hybridized carbons (Fsp3) is 0.107. The molecular formula is C28H22N4O2. The predicted molar refractivity (Wildman–Crippen MR) is 133 cm³/mol. The molecular weight excluding hydrogens is 424 g/mol. The number of imidazole rings is 1. The van der Waals surface area contributed by atoms with Crippen LogP contribution in [0.2, 0.25) is 0 Å². The van der Waals surface area contributed by atoms with Crippen LogP contribution in [0.3, 0.4) is 0 Å². The third kappa shape index (κ3) is 2.99. The van der Waals surface area contributed by atoms with E-state index >= 15 is 0 Å². The van der Waals surface area contributed by atoms with Gasteiger partial charge in [-0.05, 0) is 47.0 Å². The Hall–Kier alpha value is -4.45. The quantitative estimate of drug-likeness (QED) is 0.435. The minimum absolute atomic E-state index is 0.177. The van der Waals surface area contributed by atoms with E-state index in [9.17, 15) is 9.59 Å². The number of benzene rings is 3. The number of carbonyl (C=O) groups is 1. The summed E-state index contributed by atoms with van der Waals surface area (Å²) in [5, 5.41) is 2.24. The number of hydrogen-bond donors (Lipinski definition) is 1. The molecule has 0 spiro atoms. The number of anilines is 1. The van der Waals surface area contributed by atoms with Crippen molar-refractivity contribution in [2.75, 3.05) is 4.90 Å². The number of hydrogen-bond acceptors (Lipinski definition) is 3. The number of aromatic nitrogens is 3. The number of fused-ring (bicyclic) bond motifs is 2. The van der Waals surface area contributed by atoms with Crippen LogP contribution in [0.1, 0.15) is 18.1 Å². The smallest absolute Gasteiger partial charge is 0.260 e. The number of nitrogens with one attached hydrogen (secondary N) is 1. The van der Waals surface area contributed by atoms with E-state index in [2.05, 4.69) is 22.1 Å². The fourth-order valence-electron chi connectivity index (χ4n) is 4.84. The van der Waals surface area contributed by atoms with E-state index in [0.717, 1.165) is 21.9 Å². The van der Waals surface area contributed by atoms with Crippen LogP contribution in [-0.4, -0.2) is 20.4 Å². The SMILES string of the molecule is CC1(c2ccc(-c3ccc4ccccc4c3)[nH]c2=O)C(=O)N(Cc2ccccc2)c2nccn21. The van der Waals surface area contributed by atoms with E-state index in [1.54, 1.807) is 34.9 Å². The zero-order valence-corrected chi connectivity index (χ0v) is 18.6. The Morgan fingerprint density at radius 1 is 0.882 bits per heavy atom. The van der Waals surface area contributed by atoms with Crippen molar-refractivity contribution in [2.24, 2.45) is 0 Å². The Morgan fingerprint density at radius 2 is 1.65 bits per heavy atom. The summed E-state index contributed by atoms with van der Waals surface area (Å²) in [7, 11) is 0. The third-order valence-corrected chi connectivity index (χ3v) is 6.68. The summed E-state index contributed by atoms with van der Waals surface area (Å²) >= 11 is 0. The maximum Gasteiger partial charge on any atom is 0.260 e. The number of rotatable bonds is 4. The van der Waals surface area contributed by atoms with Crippen LogP contribution < -0.4 is 10.5 Å². The molecule has 0 aliphatic carbocycles. The normalized spacial score (nSPS) is 17.3. The molecule has 2 aromatic heterocycles. The van der Waals surface area contributed by atoms with Gasteiger partial charge in [-0.3, -0.25) is 19.1 Å². The summed E-state index contributed by atoms with van der Waals surface area (Å²) in [5.41, 5.74) is 1.53. The molecule has 6 rings (SSSR count). The first kappa shape index (κ1) is 20.2. The minimum atomic E-state index is -1.18. The molecule has 0 saturated carbocycles. The summed E-state index contributed by atoms with van der Waals surface area (Å²) < 4.78 is 1.79. The van der Waals surface area contributed by atoms with Crippen LogP contribution in [0.4, 0.5) is 5.95 Å². The highest BCUT2D eigenvalue weighted by Crippen LogP contribution is 2.38. The molecule has 6 heteroatoms. The van der Waals surface area contributed by atoms with Crippen molar-refractivity contribution >= 4 is 22.6 Å². The van der Waals surface area contributed by atoms with Crippen LogP contribution in [0, 0.1) is 0 Å². The van der Waals surface area contributed by atoms with E-state index in [4.69, 9.17) is 0 Å². The van der Waals surface area contributed by atoms with Crippen LogP contribution in [0.5, 0.6) is 0 Å². The number of aromatic amines is 1. The fourth-order valence-corrected chi connectivity index (χ4v) is 4.84. The molecule has 5 aromatic rings. The van der Waals surface area contributed by atoms with Gasteiger partial charge >= 0.3 is 0 Å². The van der Waals surface area contributed by atoms with E-state index in [0.29, 0.717) is 23.8 Å². The molecule has 34 heavy (non-hydrogen) atoms. The zero-order chi connectivity index (χ0) is 23.3. The van der Waals surface area contributed by atoms with Crippen LogP contribution in [0.15, 0.2) is 102 Å². The van der Waals surface area contributed by atoms with Crippen molar-refractivity contribution in [3.8, 4) is 11.3 Å². The van der Waals surface area contributed by atoms with Gasteiger partial charge in [-0.1, -0.05) is 66.7 Å². The highest BCUT2D eigenvalue weighted by molar-refractivity contribution is 6.03. The molecule has 166 valence electrons. The van der Waals surface area contributed by atoms with Gasteiger partial charge < -0.3 is 4.98 Å². The van der Waals surface area contributed by atoms with Gasteiger partial charge in [-0.25, -0.2) is 4.98 Å². The molecule has 6 nitrogen and oxygen atoms in total. The largest absolute Gasteiger partial charge is 0.322 e. The summed E-state index contributed by atoms with van der Waals surface area (Å²) in [6, 6.07) is 27.6. The maximum absolute atomic E-state index is 13.7. The molecule has 1 aliphatic heterocycles. The second-order valence-electron chi connectivity index (χ2n) is 8.72. The molecule has 1 N–H and O–H groups in total. The van der Waals surface area contributed by atoms with Crippen LogP contribution in [-0.2, 0) is 16.9 Å². The van der Waals surface area contributed by atoms with Gasteiger partial charge in [-0.15, -0.1) is 0 Å². The number of amides is 1. The number of H-pyrrole nitrogens is 1. The topological polar surface area (TPSA) is 71.0 Å². The molecule has 0 bridgehead atoms. The number of nitrogens with zero attached hydrogens (tertiary/aromatic N) is 3. The third-order valence-electron chi connectivity index (χ3n) is 6.68. The molecule has 1 atom stereocenters. The van der Waals surface area contributed by atoms with Gasteiger partial charge in [-0.2, -0.15) is 0 Å². The lowest BCUT2D eigenvalue weighted by Crippen LogP contribution is -2.44. The molecule has 1 amide bonds. The highest BCUT2D eigenvalue weighted by Gasteiger charge is 2.50. The van der Waals surface area contributed by atoms with Crippen molar-refractivity contribution in [1.82, 2.24) is 14.5 Å². The monoisotopic (exact) mass is 446 g/mol. The van der Waals surface area contributed by atoms with Gasteiger partial charge in [0.2, 0.25) is 5.95 Å². The highest BCUT2D eigenvalue weighted by atomic mass is 16.2. The van der Waals surface area contributed by atoms with Crippen LogP contribution >= 0.6 is 0 Å². The van der Waals surface area contributed by atoms with Crippen molar-refractivity contribution in [1.29, 1.82) is 0 Å². The molecule has 3 aromatic carbocycles. The van der Waals surface area contributed by atoms with Gasteiger partial charge in [0.25, 0.3) is 11.5 Å². The van der Waals surface area contributed by atoms with Crippen LogP contribution in [0.25, 0.3) is 22.0 Å². The average Bonchev–Trinajstić information content (AvgIpc) is 3.43. The Morgan fingerprint density at radius 3 is 2.44 bits per heavy atom. The summed E-state index contributed by atoms with van der Waals surface area (Å²) in [6.45, 7) is 2.17. The summed E-state index contributed by atoms with van der Waals surface area (Å²) in [4.78, 5) is 36.1. The first-order valence-electron chi connectivity index (χ1n) is 11.2. The first-order valence-corrected chi connectivity index (χ1v) is 11.2. The average molecular weight is 447 g/mol. The van der Waals surface area contributed by atoms with E-state index < -0.39 is 5.54 Å². The van der Waals surface area contributed by atoms with Crippen molar-refractivity contribution in [3.63, 3.8) is 0 Å². The lowest BCUT2D eigenvalue weighted by molar-refractivity contribution is -0.123. The molecule has 0 saturated heterocycles. The van der Waals surface area contributed by atoms with Gasteiger partial charge in [0, 0.05) is 18.1 Å². The minimum Gasteiger partial charge on any atom is -0.322 e. The molecule has 0 fully saturated rings. The van der Waals surface area contributed by atoms with Gasteiger partial charge in [0.1, 0.15) is 0 Å². The number of pyridine rings is 1. The molecule has 1 aliphatic rings. The second-order valence-corrected chi connectivity index (χ2v) is 8.72. The van der Waals surface area contributed by atoms with Gasteiger partial charge in [0.15, 0.2) is 5.54 Å². The Labute approximate surface area is 196 Å². The lowest BCUT2D eigenvalue weighted by atomic mass is 9.91. The Kier molecular flexibility index (Phi) is 4.48. The van der Waals surface area contributed by atoms with Crippen molar-refractivity contribution in [2.45, 2.75) is 19.0 Å². The first-order chi connectivity index (χ1) is 16.6. The predicted octanol–water partition coefficient (Wildman–Crippen LogP) is 4.70. The van der Waals surface area contributed by atoms with E-state index in [1.807, 2.05) is 66.7 Å². The van der Waals surface area contributed by atoms with Crippen molar-refractivity contribution < 1.29 is 4.79 Å². The standard InChI is InChI=1S/C28H22N4O2/c1-28(26(34)31(27-29-15-16-32(27)28)18-19-7-3-2-4-8-19)23-13-14-24(30-25(23)33)22-12-11-20-9-5-6-10-21(20)17-22/h2-17H,18H2,1H3,(H,30,33). The van der Waals surface area contributed by atoms with Gasteiger partial charge in [0.05, 0.1) is 12.1 Å². The lowest BCUT2D eigenvalue weighted by Gasteiger charge is -2.24. The molecule has 1 unspecified atom stereocenters. The summed E-state index contributed by atoms with van der Waals surface area (Å²) in [5.74, 6) is 0.359. The Balaban J connectivity index is 1.40.